The van der Waals surface area contributed by atoms with Gasteiger partial charge < -0.3 is 20.1 Å². The molecule has 2 aromatic rings. The summed E-state index contributed by atoms with van der Waals surface area (Å²) in [5, 5.41) is 8.68. The number of nitrogens with one attached hydrogen (secondary N) is 2. The number of halogens is 1. The zero-order valence-electron chi connectivity index (χ0n) is 14.5. The molecule has 138 valence electrons. The molecule has 0 bridgehead atoms. The molecule has 8 heteroatoms. The first-order chi connectivity index (χ1) is 11.8. The third-order valence-corrected chi connectivity index (χ3v) is 4.20. The number of nitrogens with zero attached hydrogens (tertiary/aromatic N) is 2. The summed E-state index contributed by atoms with van der Waals surface area (Å²) in [7, 11) is 3.42. The first-order valence-electron chi connectivity index (χ1n) is 7.85. The second-order valence-electron chi connectivity index (χ2n) is 5.03. The number of aliphatic imine (C=N–C) groups is 1. The molecule has 0 unspecified atom stereocenters. The van der Waals surface area contributed by atoms with Crippen molar-refractivity contribution in [2.45, 2.75) is 13.0 Å². The number of methoxy groups -OCH3 is 1. The van der Waals surface area contributed by atoms with E-state index in [2.05, 4.69) is 38.1 Å². The van der Waals surface area contributed by atoms with Gasteiger partial charge in [0.25, 0.3) is 0 Å². The van der Waals surface area contributed by atoms with E-state index in [4.69, 9.17) is 9.47 Å². The predicted octanol–water partition coefficient (Wildman–Crippen LogP) is 2.69. The molecule has 0 saturated heterocycles. The molecular weight excluding hydrogens is 451 g/mol. The lowest BCUT2D eigenvalue weighted by atomic mass is 10.3. The zero-order chi connectivity index (χ0) is 17.0. The molecule has 0 fully saturated rings. The molecule has 25 heavy (non-hydrogen) atoms. The van der Waals surface area contributed by atoms with Crippen molar-refractivity contribution in [3.05, 3.63) is 46.3 Å². The fourth-order valence-corrected chi connectivity index (χ4v) is 2.70. The predicted molar refractivity (Wildman–Crippen MR) is 113 cm³/mol. The summed E-state index contributed by atoms with van der Waals surface area (Å²) in [6.45, 7) is 2.56. The Bertz CT molecular complexity index is 606. The minimum atomic E-state index is 0. The summed E-state index contributed by atoms with van der Waals surface area (Å²) in [5.74, 6) is 1.39. The van der Waals surface area contributed by atoms with Gasteiger partial charge in [-0.25, -0.2) is 4.98 Å². The maximum atomic E-state index is 5.45. The molecule has 0 atom stereocenters. The molecule has 6 nitrogen and oxygen atoms in total. The highest BCUT2D eigenvalue weighted by Crippen LogP contribution is 2.08. The quantitative estimate of drug-likeness (QED) is 0.252. The Labute approximate surface area is 170 Å². The molecule has 0 amide bonds. The first-order valence-corrected chi connectivity index (χ1v) is 8.73. The van der Waals surface area contributed by atoms with Crippen molar-refractivity contribution >= 4 is 41.3 Å². The number of rotatable bonds is 9. The van der Waals surface area contributed by atoms with Gasteiger partial charge in [0.2, 0.25) is 5.88 Å². The van der Waals surface area contributed by atoms with Gasteiger partial charge in [-0.2, -0.15) is 0 Å². The van der Waals surface area contributed by atoms with Crippen LogP contribution in [-0.4, -0.2) is 44.9 Å². The second kappa shape index (κ2) is 12.9. The van der Waals surface area contributed by atoms with Gasteiger partial charge >= 0.3 is 0 Å². The number of ether oxygens (including phenoxy) is 2. The number of hydrogen-bond donors (Lipinski definition) is 2. The summed E-state index contributed by atoms with van der Waals surface area (Å²) in [6.07, 6.45) is 2.79. The third-order valence-electron chi connectivity index (χ3n) is 3.26. The van der Waals surface area contributed by atoms with Crippen molar-refractivity contribution in [3.8, 4) is 5.88 Å². The minimum absolute atomic E-state index is 0. The van der Waals surface area contributed by atoms with Gasteiger partial charge in [-0.1, -0.05) is 12.1 Å². The highest BCUT2D eigenvalue weighted by Gasteiger charge is 2.01. The molecule has 2 heterocycles. The average molecular weight is 476 g/mol. The molecule has 0 aliphatic carbocycles. The molecule has 0 spiro atoms. The largest absolute Gasteiger partial charge is 0.475 e. The topological polar surface area (TPSA) is 67.8 Å². The van der Waals surface area contributed by atoms with Crippen LogP contribution in [0.3, 0.4) is 0 Å². The van der Waals surface area contributed by atoms with Gasteiger partial charge in [0, 0.05) is 44.4 Å². The van der Waals surface area contributed by atoms with Crippen LogP contribution in [0.5, 0.6) is 5.88 Å². The summed E-state index contributed by atoms with van der Waals surface area (Å²) in [6, 6.07) is 8.06. The highest BCUT2D eigenvalue weighted by molar-refractivity contribution is 14.0. The Hall–Kier alpha value is -1.39. The van der Waals surface area contributed by atoms with E-state index in [1.165, 1.54) is 4.88 Å². The van der Waals surface area contributed by atoms with Crippen LogP contribution in [0.15, 0.2) is 40.8 Å². The fraction of sp³-hybridized carbons (Fsp3) is 0.412. The molecule has 2 N–H and O–H groups in total. The summed E-state index contributed by atoms with van der Waals surface area (Å²) in [4.78, 5) is 9.87. The van der Waals surface area contributed by atoms with E-state index in [0.29, 0.717) is 25.6 Å². The van der Waals surface area contributed by atoms with Crippen molar-refractivity contribution in [2.75, 3.05) is 33.9 Å². The summed E-state index contributed by atoms with van der Waals surface area (Å²) < 4.78 is 10.4. The average Bonchev–Trinajstić information content (AvgIpc) is 3.13. The molecule has 0 aromatic carbocycles. The van der Waals surface area contributed by atoms with Gasteiger partial charge in [-0.3, -0.25) is 4.99 Å². The lowest BCUT2D eigenvalue weighted by Gasteiger charge is -2.11. The van der Waals surface area contributed by atoms with Crippen LogP contribution in [0.4, 0.5) is 0 Å². The van der Waals surface area contributed by atoms with E-state index >= 15 is 0 Å². The molecule has 0 aliphatic heterocycles. The van der Waals surface area contributed by atoms with Crippen LogP contribution in [0, 0.1) is 0 Å². The lowest BCUT2D eigenvalue weighted by Crippen LogP contribution is -2.37. The Morgan fingerprint density at radius 1 is 1.24 bits per heavy atom. The molecule has 0 saturated carbocycles. The second-order valence-corrected chi connectivity index (χ2v) is 6.06. The van der Waals surface area contributed by atoms with Crippen molar-refractivity contribution < 1.29 is 9.47 Å². The van der Waals surface area contributed by atoms with Crippen LogP contribution >= 0.6 is 35.3 Å². The molecule has 0 radical (unpaired) electrons. The first kappa shape index (κ1) is 21.7. The number of guanidine groups is 1. The van der Waals surface area contributed by atoms with Gasteiger partial charge in [0.15, 0.2) is 5.96 Å². The van der Waals surface area contributed by atoms with E-state index in [9.17, 15) is 0 Å². The maximum absolute atomic E-state index is 5.45. The van der Waals surface area contributed by atoms with Crippen molar-refractivity contribution in [1.29, 1.82) is 0 Å². The Kier molecular flexibility index (Phi) is 11.2. The Morgan fingerprint density at radius 2 is 2.12 bits per heavy atom. The van der Waals surface area contributed by atoms with Crippen LogP contribution in [-0.2, 0) is 17.7 Å². The van der Waals surface area contributed by atoms with E-state index in [1.807, 2.05) is 12.1 Å². The van der Waals surface area contributed by atoms with E-state index < -0.39 is 0 Å². The molecule has 2 rings (SSSR count). The fourth-order valence-electron chi connectivity index (χ4n) is 2.00. The van der Waals surface area contributed by atoms with Crippen LogP contribution in [0.25, 0.3) is 0 Å². The van der Waals surface area contributed by atoms with Crippen molar-refractivity contribution in [1.82, 2.24) is 15.6 Å². The van der Waals surface area contributed by atoms with Gasteiger partial charge in [0.1, 0.15) is 6.61 Å². The maximum Gasteiger partial charge on any atom is 0.213 e. The Balaban J connectivity index is 0.00000312. The minimum Gasteiger partial charge on any atom is -0.475 e. The number of aromatic nitrogens is 1. The normalized spacial score (nSPS) is 10.9. The van der Waals surface area contributed by atoms with Crippen LogP contribution in [0.2, 0.25) is 0 Å². The summed E-state index contributed by atoms with van der Waals surface area (Å²) >= 11 is 1.77. The standard InChI is InChI=1S/C17H24N4O2S.HI/c1-18-17(19-8-7-15-4-3-11-24-15)21-13-14-5-6-16(20-12-14)23-10-9-22-2;/h3-6,11-12H,7-10,13H2,1-2H3,(H2,18,19,21);1H. The number of thiophene rings is 1. The van der Waals surface area contributed by atoms with E-state index in [0.717, 1.165) is 24.5 Å². The van der Waals surface area contributed by atoms with Crippen molar-refractivity contribution in [3.63, 3.8) is 0 Å². The van der Waals surface area contributed by atoms with Crippen molar-refractivity contribution in [2.24, 2.45) is 4.99 Å². The van der Waals surface area contributed by atoms with Gasteiger partial charge in [-0.15, -0.1) is 35.3 Å². The number of hydrogen-bond acceptors (Lipinski definition) is 5. The zero-order valence-corrected chi connectivity index (χ0v) is 17.7. The lowest BCUT2D eigenvalue weighted by molar-refractivity contribution is 0.143. The third kappa shape index (κ3) is 8.50. The highest BCUT2D eigenvalue weighted by atomic mass is 127. The van der Waals surface area contributed by atoms with E-state index in [1.54, 1.807) is 31.7 Å². The monoisotopic (exact) mass is 476 g/mol. The van der Waals surface area contributed by atoms with Gasteiger partial charge in [-0.05, 0) is 23.4 Å². The van der Waals surface area contributed by atoms with Gasteiger partial charge in [0.05, 0.1) is 6.61 Å². The van der Waals surface area contributed by atoms with Crippen LogP contribution in [0.1, 0.15) is 10.4 Å². The molecular formula is C17H25IN4O2S. The Morgan fingerprint density at radius 3 is 2.76 bits per heavy atom. The number of pyridine rings is 1. The SMILES string of the molecule is CN=C(NCCc1cccs1)NCc1ccc(OCCOC)nc1.I. The molecule has 2 aromatic heterocycles. The van der Waals surface area contributed by atoms with Crippen LogP contribution < -0.4 is 15.4 Å². The molecule has 0 aliphatic rings. The summed E-state index contributed by atoms with van der Waals surface area (Å²) in [5.41, 5.74) is 1.07. The smallest absolute Gasteiger partial charge is 0.213 e. The van der Waals surface area contributed by atoms with E-state index in [-0.39, 0.29) is 24.0 Å².